The van der Waals surface area contributed by atoms with Crippen molar-refractivity contribution in [3.8, 4) is 0 Å². The first-order valence-corrected chi connectivity index (χ1v) is 8.75. The standard InChI is InChI=1S/C17H17Cl2FN4O/c1-2-14-15(20)16(22-10-21-14)23-3-5-24(6-4-23)17(25)11-7-12(18)9-13(19)8-11/h7-10H,2-6H2,1H3. The Bertz CT molecular complexity index is 774. The maximum absolute atomic E-state index is 14.4. The van der Waals surface area contributed by atoms with Gasteiger partial charge in [-0.05, 0) is 24.6 Å². The van der Waals surface area contributed by atoms with Crippen LogP contribution in [0.4, 0.5) is 10.2 Å². The number of aryl methyl sites for hydroxylation is 1. The van der Waals surface area contributed by atoms with Gasteiger partial charge in [0, 0.05) is 41.8 Å². The van der Waals surface area contributed by atoms with E-state index in [1.807, 2.05) is 11.8 Å². The minimum Gasteiger partial charge on any atom is -0.351 e. The van der Waals surface area contributed by atoms with Crippen LogP contribution in [0.1, 0.15) is 23.0 Å². The van der Waals surface area contributed by atoms with Gasteiger partial charge in [0.05, 0.1) is 5.69 Å². The predicted molar refractivity (Wildman–Crippen MR) is 95.9 cm³/mol. The summed E-state index contributed by atoms with van der Waals surface area (Å²) in [5.41, 5.74) is 0.851. The molecular weight excluding hydrogens is 366 g/mol. The van der Waals surface area contributed by atoms with Crippen molar-refractivity contribution in [2.45, 2.75) is 13.3 Å². The van der Waals surface area contributed by atoms with Gasteiger partial charge in [0.15, 0.2) is 11.6 Å². The molecule has 1 amide bonds. The molecular formula is C17H17Cl2FN4O. The third-order valence-corrected chi connectivity index (χ3v) is 4.59. The van der Waals surface area contributed by atoms with Crippen LogP contribution in [0, 0.1) is 5.82 Å². The average molecular weight is 383 g/mol. The lowest BCUT2D eigenvalue weighted by Crippen LogP contribution is -2.49. The molecule has 0 radical (unpaired) electrons. The second-order valence-corrected chi connectivity index (χ2v) is 6.62. The number of piperazine rings is 1. The zero-order chi connectivity index (χ0) is 18.0. The van der Waals surface area contributed by atoms with Crippen LogP contribution in [-0.2, 0) is 6.42 Å². The summed E-state index contributed by atoms with van der Waals surface area (Å²) in [7, 11) is 0. The molecule has 2 aromatic rings. The summed E-state index contributed by atoms with van der Waals surface area (Å²) in [5, 5.41) is 0.842. The first-order valence-electron chi connectivity index (χ1n) is 7.99. The molecule has 0 spiro atoms. The number of halogens is 3. The van der Waals surface area contributed by atoms with E-state index in [2.05, 4.69) is 9.97 Å². The summed E-state index contributed by atoms with van der Waals surface area (Å²) < 4.78 is 14.4. The Morgan fingerprint density at radius 2 is 1.76 bits per heavy atom. The van der Waals surface area contributed by atoms with Gasteiger partial charge >= 0.3 is 0 Å². The molecule has 2 heterocycles. The molecule has 5 nitrogen and oxygen atoms in total. The molecule has 8 heteroatoms. The Morgan fingerprint density at radius 1 is 1.12 bits per heavy atom. The number of carbonyl (C=O) groups is 1. The van der Waals surface area contributed by atoms with Crippen molar-refractivity contribution in [2.24, 2.45) is 0 Å². The number of aromatic nitrogens is 2. The van der Waals surface area contributed by atoms with Crippen LogP contribution in [0.15, 0.2) is 24.5 Å². The number of rotatable bonds is 3. The van der Waals surface area contributed by atoms with E-state index in [0.717, 1.165) is 0 Å². The highest BCUT2D eigenvalue weighted by molar-refractivity contribution is 6.35. The topological polar surface area (TPSA) is 49.3 Å². The lowest BCUT2D eigenvalue weighted by atomic mass is 10.1. The molecule has 1 aliphatic rings. The number of hydrogen-bond acceptors (Lipinski definition) is 4. The van der Waals surface area contributed by atoms with Gasteiger partial charge in [-0.2, -0.15) is 0 Å². The van der Waals surface area contributed by atoms with Crippen LogP contribution in [0.2, 0.25) is 10.0 Å². The summed E-state index contributed by atoms with van der Waals surface area (Å²) in [4.78, 5) is 24.2. The Labute approximate surface area is 155 Å². The number of anilines is 1. The SMILES string of the molecule is CCc1ncnc(N2CCN(C(=O)c3cc(Cl)cc(Cl)c3)CC2)c1F. The Hall–Kier alpha value is -1.92. The normalized spacial score (nSPS) is 14.7. The van der Waals surface area contributed by atoms with Crippen LogP contribution < -0.4 is 4.90 Å². The number of carbonyl (C=O) groups excluding carboxylic acids is 1. The molecule has 0 aliphatic carbocycles. The first-order chi connectivity index (χ1) is 12.0. The van der Waals surface area contributed by atoms with Crippen molar-refractivity contribution in [1.29, 1.82) is 0 Å². The van der Waals surface area contributed by atoms with Crippen LogP contribution in [0.3, 0.4) is 0 Å². The van der Waals surface area contributed by atoms with Crippen LogP contribution in [-0.4, -0.2) is 47.0 Å². The van der Waals surface area contributed by atoms with Gasteiger partial charge in [0.25, 0.3) is 5.91 Å². The molecule has 0 N–H and O–H groups in total. The zero-order valence-electron chi connectivity index (χ0n) is 13.7. The van der Waals surface area contributed by atoms with Gasteiger partial charge in [-0.3, -0.25) is 4.79 Å². The maximum Gasteiger partial charge on any atom is 0.254 e. The van der Waals surface area contributed by atoms with Crippen LogP contribution in [0.25, 0.3) is 0 Å². The van der Waals surface area contributed by atoms with E-state index < -0.39 is 0 Å². The Morgan fingerprint density at radius 3 is 2.36 bits per heavy atom. The molecule has 0 bridgehead atoms. The molecule has 0 saturated carbocycles. The highest BCUT2D eigenvalue weighted by Crippen LogP contribution is 2.23. The maximum atomic E-state index is 14.4. The van der Waals surface area contributed by atoms with Crippen molar-refractivity contribution >= 4 is 34.9 Å². The summed E-state index contributed by atoms with van der Waals surface area (Å²) in [6.07, 6.45) is 1.89. The van der Waals surface area contributed by atoms with E-state index in [9.17, 15) is 9.18 Å². The van der Waals surface area contributed by atoms with Gasteiger partial charge in [0.2, 0.25) is 0 Å². The molecule has 25 heavy (non-hydrogen) atoms. The largest absolute Gasteiger partial charge is 0.351 e. The van der Waals surface area contributed by atoms with Gasteiger partial charge < -0.3 is 9.80 Å². The summed E-state index contributed by atoms with van der Waals surface area (Å²) in [6.45, 7) is 3.78. The van der Waals surface area contributed by atoms with E-state index >= 15 is 0 Å². The predicted octanol–water partition coefficient (Wildman–Crippen LogP) is 3.45. The summed E-state index contributed by atoms with van der Waals surface area (Å²) >= 11 is 11.9. The fourth-order valence-corrected chi connectivity index (χ4v) is 3.37. The molecule has 0 unspecified atom stereocenters. The fraction of sp³-hybridized carbons (Fsp3) is 0.353. The smallest absolute Gasteiger partial charge is 0.254 e. The number of amides is 1. The molecule has 132 valence electrons. The lowest BCUT2D eigenvalue weighted by molar-refractivity contribution is 0.0746. The molecule has 1 fully saturated rings. The highest BCUT2D eigenvalue weighted by atomic mass is 35.5. The Kier molecular flexibility index (Phi) is 5.39. The molecule has 1 saturated heterocycles. The Balaban J connectivity index is 1.70. The van der Waals surface area contributed by atoms with Crippen molar-refractivity contribution in [1.82, 2.24) is 14.9 Å². The van der Waals surface area contributed by atoms with Crippen molar-refractivity contribution in [2.75, 3.05) is 31.1 Å². The quantitative estimate of drug-likeness (QED) is 0.815. The molecule has 3 rings (SSSR count). The van der Waals surface area contributed by atoms with E-state index in [0.29, 0.717) is 59.7 Å². The van der Waals surface area contributed by atoms with Gasteiger partial charge in [-0.15, -0.1) is 0 Å². The third-order valence-electron chi connectivity index (χ3n) is 4.15. The van der Waals surface area contributed by atoms with Gasteiger partial charge in [0.1, 0.15) is 6.33 Å². The van der Waals surface area contributed by atoms with Crippen LogP contribution >= 0.6 is 23.2 Å². The number of benzene rings is 1. The van der Waals surface area contributed by atoms with Gasteiger partial charge in [-0.1, -0.05) is 30.1 Å². The summed E-state index contributed by atoms with van der Waals surface area (Å²) in [6, 6.07) is 4.78. The fourth-order valence-electron chi connectivity index (χ4n) is 2.84. The molecule has 1 aliphatic heterocycles. The lowest BCUT2D eigenvalue weighted by Gasteiger charge is -2.35. The van der Waals surface area contributed by atoms with Crippen molar-refractivity contribution < 1.29 is 9.18 Å². The second kappa shape index (κ2) is 7.54. The first kappa shape index (κ1) is 17.9. The average Bonchev–Trinajstić information content (AvgIpc) is 2.61. The van der Waals surface area contributed by atoms with E-state index in [1.165, 1.54) is 6.33 Å². The molecule has 1 aromatic carbocycles. The highest BCUT2D eigenvalue weighted by Gasteiger charge is 2.25. The van der Waals surface area contributed by atoms with Crippen molar-refractivity contribution in [3.63, 3.8) is 0 Å². The van der Waals surface area contributed by atoms with Crippen LogP contribution in [0.5, 0.6) is 0 Å². The van der Waals surface area contributed by atoms with E-state index in [-0.39, 0.29) is 11.7 Å². The third kappa shape index (κ3) is 3.85. The monoisotopic (exact) mass is 382 g/mol. The minimum absolute atomic E-state index is 0.138. The molecule has 0 atom stereocenters. The van der Waals surface area contributed by atoms with Gasteiger partial charge in [-0.25, -0.2) is 14.4 Å². The van der Waals surface area contributed by atoms with Crippen molar-refractivity contribution in [3.05, 3.63) is 51.6 Å². The zero-order valence-corrected chi connectivity index (χ0v) is 15.2. The number of nitrogens with zero attached hydrogens (tertiary/aromatic N) is 4. The second-order valence-electron chi connectivity index (χ2n) is 5.75. The van der Waals surface area contributed by atoms with E-state index in [1.54, 1.807) is 23.1 Å². The number of hydrogen-bond donors (Lipinski definition) is 0. The minimum atomic E-state index is -0.383. The summed E-state index contributed by atoms with van der Waals surface area (Å²) in [5.74, 6) is -0.224. The van der Waals surface area contributed by atoms with E-state index in [4.69, 9.17) is 23.2 Å². The molecule has 1 aromatic heterocycles.